The second-order valence-electron chi connectivity index (χ2n) is 4.98. The van der Waals surface area contributed by atoms with Crippen molar-refractivity contribution in [3.05, 3.63) is 59.0 Å². The molecule has 8 heteroatoms. The van der Waals surface area contributed by atoms with Gasteiger partial charge in [0.1, 0.15) is 12.1 Å². The van der Waals surface area contributed by atoms with Crippen molar-refractivity contribution >= 4 is 39.0 Å². The Bertz CT molecular complexity index is 1040. The molecular weight excluding hydrogens is 296 g/mol. The Morgan fingerprint density at radius 3 is 2.91 bits per heavy atom. The third kappa shape index (κ3) is 2.31. The second-order valence-corrected chi connectivity index (χ2v) is 4.98. The molecule has 0 aliphatic rings. The Balaban J connectivity index is 1.80. The van der Waals surface area contributed by atoms with Crippen LogP contribution in [0.3, 0.4) is 0 Å². The molecule has 0 bridgehead atoms. The molecule has 0 saturated heterocycles. The maximum absolute atomic E-state index is 11.0. The molecule has 0 aliphatic carbocycles. The fourth-order valence-electron chi connectivity index (χ4n) is 2.41. The van der Waals surface area contributed by atoms with Gasteiger partial charge in [0.25, 0.3) is 5.69 Å². The number of nitrogens with zero attached hydrogens (tertiary/aromatic N) is 4. The quantitative estimate of drug-likeness (QED) is 0.444. The third-order valence-electron chi connectivity index (χ3n) is 3.53. The molecule has 0 atom stereocenters. The van der Waals surface area contributed by atoms with Crippen LogP contribution < -0.4 is 5.32 Å². The van der Waals surface area contributed by atoms with E-state index in [2.05, 4.69) is 25.5 Å². The molecule has 2 heterocycles. The average Bonchev–Trinajstić information content (AvgIpc) is 3.02. The van der Waals surface area contributed by atoms with Crippen LogP contribution in [-0.4, -0.2) is 25.1 Å². The van der Waals surface area contributed by atoms with Gasteiger partial charge in [-0.05, 0) is 24.3 Å². The highest BCUT2D eigenvalue weighted by atomic mass is 16.6. The van der Waals surface area contributed by atoms with E-state index in [0.29, 0.717) is 16.7 Å². The molecule has 0 amide bonds. The van der Waals surface area contributed by atoms with Gasteiger partial charge < -0.3 is 5.32 Å². The average molecular weight is 306 g/mol. The van der Waals surface area contributed by atoms with E-state index >= 15 is 0 Å². The first-order chi connectivity index (χ1) is 11.2. The molecule has 0 spiro atoms. The molecular formula is C15H10N6O2. The van der Waals surface area contributed by atoms with Crippen LogP contribution in [0.15, 0.2) is 48.9 Å². The summed E-state index contributed by atoms with van der Waals surface area (Å²) in [7, 11) is 0. The van der Waals surface area contributed by atoms with Gasteiger partial charge in [-0.15, -0.1) is 0 Å². The first-order valence-corrected chi connectivity index (χ1v) is 6.80. The summed E-state index contributed by atoms with van der Waals surface area (Å²) in [6.45, 7) is 0. The summed E-state index contributed by atoms with van der Waals surface area (Å²) in [6.07, 6.45) is 3.15. The topological polar surface area (TPSA) is 110 Å². The fourth-order valence-corrected chi connectivity index (χ4v) is 2.41. The molecule has 0 radical (unpaired) electrons. The highest BCUT2D eigenvalue weighted by Crippen LogP contribution is 2.27. The maximum Gasteiger partial charge on any atom is 0.270 e. The lowest BCUT2D eigenvalue weighted by Gasteiger charge is -2.08. The molecule has 0 saturated carbocycles. The Kier molecular flexibility index (Phi) is 2.87. The molecule has 0 fully saturated rings. The number of aromatic nitrogens is 4. The lowest BCUT2D eigenvalue weighted by Crippen LogP contribution is -1.97. The first kappa shape index (κ1) is 13.1. The number of aromatic amines is 1. The number of nitro benzene ring substituents is 1. The van der Waals surface area contributed by atoms with Crippen molar-refractivity contribution in [2.24, 2.45) is 0 Å². The van der Waals surface area contributed by atoms with E-state index in [9.17, 15) is 10.1 Å². The van der Waals surface area contributed by atoms with Crippen LogP contribution in [0.25, 0.3) is 21.8 Å². The van der Waals surface area contributed by atoms with E-state index in [1.165, 1.54) is 18.5 Å². The molecule has 8 nitrogen and oxygen atoms in total. The van der Waals surface area contributed by atoms with Crippen molar-refractivity contribution in [2.75, 3.05) is 5.32 Å². The number of non-ortho nitro benzene ring substituents is 1. The summed E-state index contributed by atoms with van der Waals surface area (Å²) in [6, 6.07) is 10.2. The van der Waals surface area contributed by atoms with Gasteiger partial charge in [-0.25, -0.2) is 9.97 Å². The van der Waals surface area contributed by atoms with E-state index < -0.39 is 4.92 Å². The number of nitrogens with one attached hydrogen (secondary N) is 2. The van der Waals surface area contributed by atoms with Gasteiger partial charge in [0.2, 0.25) is 0 Å². The summed E-state index contributed by atoms with van der Waals surface area (Å²) in [5, 5.41) is 22.6. The molecule has 112 valence electrons. The molecule has 0 unspecified atom stereocenters. The number of benzene rings is 2. The molecule has 4 aromatic rings. The Hall–Kier alpha value is -3.55. The van der Waals surface area contributed by atoms with Crippen LogP contribution in [0.1, 0.15) is 0 Å². The summed E-state index contributed by atoms with van der Waals surface area (Å²) in [4.78, 5) is 18.9. The van der Waals surface area contributed by atoms with E-state index in [0.717, 1.165) is 16.6 Å². The normalized spacial score (nSPS) is 11.0. The van der Waals surface area contributed by atoms with Crippen molar-refractivity contribution in [1.82, 2.24) is 20.2 Å². The number of fused-ring (bicyclic) bond motifs is 2. The van der Waals surface area contributed by atoms with Gasteiger partial charge in [0, 0.05) is 28.6 Å². The molecule has 2 N–H and O–H groups in total. The number of H-pyrrole nitrogens is 1. The van der Waals surface area contributed by atoms with E-state index in [1.54, 1.807) is 12.3 Å². The minimum Gasteiger partial charge on any atom is -0.340 e. The molecule has 23 heavy (non-hydrogen) atoms. The van der Waals surface area contributed by atoms with Gasteiger partial charge in [-0.1, -0.05) is 0 Å². The Labute approximate surface area is 129 Å². The van der Waals surface area contributed by atoms with Crippen molar-refractivity contribution in [3.8, 4) is 0 Å². The van der Waals surface area contributed by atoms with Gasteiger partial charge in [0.05, 0.1) is 22.2 Å². The zero-order chi connectivity index (χ0) is 15.8. The van der Waals surface area contributed by atoms with Crippen LogP contribution in [-0.2, 0) is 0 Å². The van der Waals surface area contributed by atoms with Crippen LogP contribution in [0.2, 0.25) is 0 Å². The van der Waals surface area contributed by atoms with Crippen molar-refractivity contribution < 1.29 is 4.92 Å². The van der Waals surface area contributed by atoms with E-state index in [4.69, 9.17) is 0 Å². The number of hydrogen-bond acceptors (Lipinski definition) is 6. The summed E-state index contributed by atoms with van der Waals surface area (Å²) < 4.78 is 0. The SMILES string of the molecule is O=[N+]([O-])c1ccc2ncnc(Nc3ccc4[nH]ncc4c3)c2c1. The molecule has 0 aliphatic heterocycles. The van der Waals surface area contributed by atoms with Gasteiger partial charge in [-0.3, -0.25) is 15.2 Å². The maximum atomic E-state index is 11.0. The Morgan fingerprint density at radius 2 is 2.04 bits per heavy atom. The lowest BCUT2D eigenvalue weighted by atomic mass is 10.2. The van der Waals surface area contributed by atoms with Crippen molar-refractivity contribution in [3.63, 3.8) is 0 Å². The number of hydrogen-bond donors (Lipinski definition) is 2. The minimum atomic E-state index is -0.437. The van der Waals surface area contributed by atoms with Crippen LogP contribution in [0.5, 0.6) is 0 Å². The predicted octanol–water partition coefficient (Wildman–Crippen LogP) is 3.16. The van der Waals surface area contributed by atoms with E-state index in [1.807, 2.05) is 18.2 Å². The number of nitro groups is 1. The monoisotopic (exact) mass is 306 g/mol. The molecule has 2 aromatic carbocycles. The lowest BCUT2D eigenvalue weighted by molar-refractivity contribution is -0.384. The predicted molar refractivity (Wildman–Crippen MR) is 85.6 cm³/mol. The largest absolute Gasteiger partial charge is 0.340 e. The molecule has 2 aromatic heterocycles. The highest BCUT2D eigenvalue weighted by molar-refractivity contribution is 5.93. The summed E-state index contributed by atoms with van der Waals surface area (Å²) in [5.74, 6) is 0.515. The summed E-state index contributed by atoms with van der Waals surface area (Å²) >= 11 is 0. The van der Waals surface area contributed by atoms with Crippen molar-refractivity contribution in [2.45, 2.75) is 0 Å². The number of rotatable bonds is 3. The first-order valence-electron chi connectivity index (χ1n) is 6.80. The number of anilines is 2. The van der Waals surface area contributed by atoms with Crippen LogP contribution >= 0.6 is 0 Å². The Morgan fingerprint density at radius 1 is 1.13 bits per heavy atom. The molecule has 4 rings (SSSR count). The second kappa shape index (κ2) is 5.02. The summed E-state index contributed by atoms with van der Waals surface area (Å²) in [5.41, 5.74) is 2.38. The van der Waals surface area contributed by atoms with Gasteiger partial charge in [0.15, 0.2) is 0 Å². The van der Waals surface area contributed by atoms with Crippen molar-refractivity contribution in [1.29, 1.82) is 0 Å². The smallest absolute Gasteiger partial charge is 0.270 e. The zero-order valence-corrected chi connectivity index (χ0v) is 11.7. The van der Waals surface area contributed by atoms with Gasteiger partial charge >= 0.3 is 0 Å². The standard InChI is InChI=1S/C15H10N6O2/c22-21(23)11-2-4-14-12(6-11)15(17-8-16-14)19-10-1-3-13-9(5-10)7-18-20-13/h1-8H,(H,18,20)(H,16,17,19). The minimum absolute atomic E-state index is 0.000590. The van der Waals surface area contributed by atoms with Crippen LogP contribution in [0, 0.1) is 10.1 Å². The highest BCUT2D eigenvalue weighted by Gasteiger charge is 2.11. The van der Waals surface area contributed by atoms with Gasteiger partial charge in [-0.2, -0.15) is 5.10 Å². The zero-order valence-electron chi connectivity index (χ0n) is 11.7. The van der Waals surface area contributed by atoms with E-state index in [-0.39, 0.29) is 5.69 Å². The fraction of sp³-hybridized carbons (Fsp3) is 0. The van der Waals surface area contributed by atoms with Crippen LogP contribution in [0.4, 0.5) is 17.2 Å². The third-order valence-corrected chi connectivity index (χ3v) is 3.53.